The maximum Gasteiger partial charge on any atom is 0.490 e. The van der Waals surface area contributed by atoms with Crippen LogP contribution in [0.4, 0.5) is 13.2 Å². The van der Waals surface area contributed by atoms with Crippen LogP contribution in [0, 0.1) is 0 Å². The van der Waals surface area contributed by atoms with Crippen LogP contribution in [-0.2, 0) is 16.1 Å². The van der Waals surface area contributed by atoms with Crippen LogP contribution in [-0.4, -0.2) is 34.7 Å². The predicted octanol–water partition coefficient (Wildman–Crippen LogP) is 0.290. The van der Waals surface area contributed by atoms with Crippen molar-refractivity contribution in [3.63, 3.8) is 0 Å². The zero-order chi connectivity index (χ0) is 14.9. The molecule has 0 unspecified atom stereocenters. The molecule has 0 bridgehead atoms. The Kier molecular flexibility index (Phi) is 7.12. The highest BCUT2D eigenvalue weighted by Gasteiger charge is 2.38. The second kappa shape index (κ2) is 8.03. The van der Waals surface area contributed by atoms with Crippen molar-refractivity contribution >= 4 is 11.9 Å². The molecule has 0 atom stereocenters. The van der Waals surface area contributed by atoms with Gasteiger partial charge in [0.1, 0.15) is 0 Å². The molecule has 6 nitrogen and oxygen atoms in total. The monoisotopic (exact) mass is 279 g/mol. The second-order valence-electron chi connectivity index (χ2n) is 3.23. The number of alkyl halides is 3. The first kappa shape index (κ1) is 16.8. The number of rotatable bonds is 4. The van der Waals surface area contributed by atoms with Gasteiger partial charge >= 0.3 is 12.1 Å². The first-order valence-corrected chi connectivity index (χ1v) is 4.91. The number of carbonyl (C=O) groups is 2. The summed E-state index contributed by atoms with van der Waals surface area (Å²) in [4.78, 5) is 23.1. The van der Waals surface area contributed by atoms with Gasteiger partial charge in [0, 0.05) is 18.9 Å². The average Bonchev–Trinajstić information content (AvgIpc) is 2.29. The number of hydrogen-bond acceptors (Lipinski definition) is 4. The molecule has 0 spiro atoms. The van der Waals surface area contributed by atoms with Gasteiger partial charge in [0.05, 0.1) is 6.54 Å². The lowest BCUT2D eigenvalue weighted by atomic mass is 10.3. The molecular formula is C10H12F3N3O3. The molecule has 0 aliphatic heterocycles. The maximum atomic E-state index is 10.6. The van der Waals surface area contributed by atoms with E-state index < -0.39 is 12.1 Å². The molecule has 0 saturated heterocycles. The van der Waals surface area contributed by atoms with Crippen LogP contribution in [0.25, 0.3) is 0 Å². The molecule has 0 aliphatic rings. The van der Waals surface area contributed by atoms with Crippen molar-refractivity contribution in [2.75, 3.05) is 6.54 Å². The lowest BCUT2D eigenvalue weighted by molar-refractivity contribution is -0.192. The summed E-state index contributed by atoms with van der Waals surface area (Å²) in [5, 5.41) is 10.0. The first-order chi connectivity index (χ1) is 8.73. The number of pyridine rings is 1. The number of hydrogen-bond donors (Lipinski definition) is 3. The summed E-state index contributed by atoms with van der Waals surface area (Å²) < 4.78 is 31.7. The molecule has 106 valence electrons. The van der Waals surface area contributed by atoms with Crippen molar-refractivity contribution in [2.45, 2.75) is 12.7 Å². The van der Waals surface area contributed by atoms with E-state index in [0.717, 1.165) is 5.56 Å². The summed E-state index contributed by atoms with van der Waals surface area (Å²) in [5.41, 5.74) is 6.03. The molecule has 0 fully saturated rings. The summed E-state index contributed by atoms with van der Waals surface area (Å²) >= 11 is 0. The molecule has 1 aromatic heterocycles. The highest BCUT2D eigenvalue weighted by Crippen LogP contribution is 2.13. The molecule has 0 saturated carbocycles. The molecule has 0 aromatic carbocycles. The van der Waals surface area contributed by atoms with E-state index in [1.165, 1.54) is 0 Å². The molecular weight excluding hydrogens is 267 g/mol. The van der Waals surface area contributed by atoms with Crippen LogP contribution >= 0.6 is 0 Å². The number of halogens is 3. The first-order valence-electron chi connectivity index (χ1n) is 4.91. The summed E-state index contributed by atoms with van der Waals surface area (Å²) in [5.74, 6) is -3.10. The van der Waals surface area contributed by atoms with E-state index in [0.29, 0.717) is 6.54 Å². The number of aromatic nitrogens is 1. The van der Waals surface area contributed by atoms with E-state index in [9.17, 15) is 18.0 Å². The molecule has 0 radical (unpaired) electrons. The minimum absolute atomic E-state index is 0.211. The summed E-state index contributed by atoms with van der Waals surface area (Å²) in [7, 11) is 0. The van der Waals surface area contributed by atoms with Crippen LogP contribution < -0.4 is 11.1 Å². The van der Waals surface area contributed by atoms with Gasteiger partial charge in [0.25, 0.3) is 0 Å². The van der Waals surface area contributed by atoms with Crippen molar-refractivity contribution in [2.24, 2.45) is 5.73 Å². The third kappa shape index (κ3) is 9.53. The van der Waals surface area contributed by atoms with Crippen LogP contribution in [0.3, 0.4) is 0 Å². The third-order valence-electron chi connectivity index (χ3n) is 1.62. The van der Waals surface area contributed by atoms with E-state index in [2.05, 4.69) is 10.3 Å². The van der Waals surface area contributed by atoms with Crippen LogP contribution in [0.2, 0.25) is 0 Å². The normalized spacial score (nSPS) is 10.3. The molecule has 1 aromatic rings. The molecule has 4 N–H and O–H groups in total. The van der Waals surface area contributed by atoms with Gasteiger partial charge in [-0.15, -0.1) is 0 Å². The van der Waals surface area contributed by atoms with Gasteiger partial charge in [-0.1, -0.05) is 0 Å². The van der Waals surface area contributed by atoms with Crippen molar-refractivity contribution in [1.29, 1.82) is 0 Å². The Hall–Kier alpha value is -2.16. The Balaban J connectivity index is 0.000000399. The SMILES string of the molecule is NC(=O)CNCc1ccncc1.O=C(O)C(F)(F)F. The minimum Gasteiger partial charge on any atom is -0.475 e. The number of carboxylic acid groups (broad SMARTS) is 1. The van der Waals surface area contributed by atoms with Gasteiger partial charge in [-0.2, -0.15) is 13.2 Å². The molecule has 1 heterocycles. The minimum atomic E-state index is -5.08. The van der Waals surface area contributed by atoms with Crippen LogP contribution in [0.5, 0.6) is 0 Å². The molecule has 0 aliphatic carbocycles. The Labute approximate surface area is 106 Å². The van der Waals surface area contributed by atoms with Crippen molar-refractivity contribution in [3.05, 3.63) is 30.1 Å². The Morgan fingerprint density at radius 3 is 2.16 bits per heavy atom. The fraction of sp³-hybridized carbons (Fsp3) is 0.300. The third-order valence-corrected chi connectivity index (χ3v) is 1.62. The number of nitrogens with one attached hydrogen (secondary N) is 1. The van der Waals surface area contributed by atoms with Gasteiger partial charge in [0.2, 0.25) is 5.91 Å². The summed E-state index contributed by atoms with van der Waals surface area (Å²) in [6.07, 6.45) is -1.66. The van der Waals surface area contributed by atoms with Gasteiger partial charge < -0.3 is 16.2 Å². The van der Waals surface area contributed by atoms with E-state index in [1.807, 2.05) is 12.1 Å². The molecule has 1 rings (SSSR count). The molecule has 19 heavy (non-hydrogen) atoms. The van der Waals surface area contributed by atoms with Crippen LogP contribution in [0.1, 0.15) is 5.56 Å². The van der Waals surface area contributed by atoms with Crippen LogP contribution in [0.15, 0.2) is 24.5 Å². The number of amides is 1. The van der Waals surface area contributed by atoms with Crippen molar-refractivity contribution in [1.82, 2.24) is 10.3 Å². The number of nitrogens with two attached hydrogens (primary N) is 1. The van der Waals surface area contributed by atoms with Crippen molar-refractivity contribution in [3.8, 4) is 0 Å². The second-order valence-corrected chi connectivity index (χ2v) is 3.23. The number of aliphatic carboxylic acids is 1. The van der Waals surface area contributed by atoms with Crippen molar-refractivity contribution < 1.29 is 27.9 Å². The van der Waals surface area contributed by atoms with E-state index in [1.54, 1.807) is 12.4 Å². The Bertz CT molecular complexity index is 409. The Morgan fingerprint density at radius 1 is 1.32 bits per heavy atom. The largest absolute Gasteiger partial charge is 0.490 e. The quantitative estimate of drug-likeness (QED) is 0.734. The van der Waals surface area contributed by atoms with E-state index in [-0.39, 0.29) is 12.5 Å². The standard InChI is InChI=1S/C8H11N3O.C2HF3O2/c9-8(12)6-11-5-7-1-3-10-4-2-7;3-2(4,5)1(6)7/h1-4,11H,5-6H2,(H2,9,12);(H,6,7). The number of carbonyl (C=O) groups excluding carboxylic acids is 1. The fourth-order valence-corrected chi connectivity index (χ4v) is 0.831. The van der Waals surface area contributed by atoms with Gasteiger partial charge in [0.15, 0.2) is 0 Å². The predicted molar refractivity (Wildman–Crippen MR) is 58.8 cm³/mol. The summed E-state index contributed by atoms with van der Waals surface area (Å²) in [6.45, 7) is 0.855. The average molecular weight is 279 g/mol. The lowest BCUT2D eigenvalue weighted by Crippen LogP contribution is -2.28. The topological polar surface area (TPSA) is 105 Å². The van der Waals surface area contributed by atoms with E-state index >= 15 is 0 Å². The molecule has 9 heteroatoms. The smallest absolute Gasteiger partial charge is 0.475 e. The van der Waals surface area contributed by atoms with Gasteiger partial charge in [-0.3, -0.25) is 9.78 Å². The zero-order valence-electron chi connectivity index (χ0n) is 9.65. The van der Waals surface area contributed by atoms with Gasteiger partial charge in [-0.25, -0.2) is 4.79 Å². The zero-order valence-corrected chi connectivity index (χ0v) is 9.65. The fourth-order valence-electron chi connectivity index (χ4n) is 0.831. The Morgan fingerprint density at radius 2 is 1.79 bits per heavy atom. The van der Waals surface area contributed by atoms with Gasteiger partial charge in [-0.05, 0) is 17.7 Å². The number of primary amides is 1. The molecule has 1 amide bonds. The maximum absolute atomic E-state index is 10.6. The highest BCUT2D eigenvalue weighted by molar-refractivity contribution is 5.75. The lowest BCUT2D eigenvalue weighted by Gasteiger charge is -2.00. The van der Waals surface area contributed by atoms with E-state index in [4.69, 9.17) is 15.6 Å². The summed E-state index contributed by atoms with van der Waals surface area (Å²) in [6, 6.07) is 3.77. The number of carboxylic acids is 1. The number of nitrogens with zero attached hydrogens (tertiary/aromatic N) is 1. The highest BCUT2D eigenvalue weighted by atomic mass is 19.4.